The molecule has 24 heavy (non-hydrogen) atoms. The van der Waals surface area contributed by atoms with Crippen LogP contribution in [0.25, 0.3) is 10.8 Å². The quantitative estimate of drug-likeness (QED) is 0.525. The Bertz CT molecular complexity index is 893. The maximum absolute atomic E-state index is 12.6. The SMILES string of the molecule is CC(C)Sc1ncc(Cl)c(C(=O)Nc2cccc3ccccc23)n1. The Labute approximate surface area is 149 Å². The van der Waals surface area contributed by atoms with Gasteiger partial charge >= 0.3 is 0 Å². The normalized spacial score (nSPS) is 11.0. The maximum Gasteiger partial charge on any atom is 0.275 e. The first-order chi connectivity index (χ1) is 11.5. The molecule has 0 bridgehead atoms. The molecule has 0 aliphatic rings. The minimum atomic E-state index is -0.343. The Morgan fingerprint density at radius 3 is 2.71 bits per heavy atom. The van der Waals surface area contributed by atoms with E-state index in [2.05, 4.69) is 15.3 Å². The number of thioether (sulfide) groups is 1. The summed E-state index contributed by atoms with van der Waals surface area (Å²) in [6.07, 6.45) is 1.47. The Balaban J connectivity index is 1.92. The van der Waals surface area contributed by atoms with Crippen molar-refractivity contribution in [1.82, 2.24) is 9.97 Å². The van der Waals surface area contributed by atoms with Gasteiger partial charge in [0.25, 0.3) is 5.91 Å². The number of rotatable bonds is 4. The van der Waals surface area contributed by atoms with Crippen LogP contribution in [0.4, 0.5) is 5.69 Å². The van der Waals surface area contributed by atoms with Gasteiger partial charge in [-0.05, 0) is 11.5 Å². The lowest BCUT2D eigenvalue weighted by molar-refractivity contribution is 0.102. The number of benzene rings is 2. The molecule has 1 heterocycles. The summed E-state index contributed by atoms with van der Waals surface area (Å²) in [4.78, 5) is 21.1. The summed E-state index contributed by atoms with van der Waals surface area (Å²) in [7, 11) is 0. The smallest absolute Gasteiger partial charge is 0.275 e. The monoisotopic (exact) mass is 357 g/mol. The van der Waals surface area contributed by atoms with Crippen LogP contribution in [0.3, 0.4) is 0 Å². The first-order valence-electron chi connectivity index (χ1n) is 7.53. The lowest BCUT2D eigenvalue weighted by atomic mass is 10.1. The molecule has 4 nitrogen and oxygen atoms in total. The highest BCUT2D eigenvalue weighted by Crippen LogP contribution is 2.25. The molecular formula is C18H16ClN3OS. The van der Waals surface area contributed by atoms with Crippen LogP contribution in [-0.2, 0) is 0 Å². The van der Waals surface area contributed by atoms with E-state index in [-0.39, 0.29) is 16.6 Å². The number of carbonyl (C=O) groups is 1. The summed E-state index contributed by atoms with van der Waals surface area (Å²) in [6.45, 7) is 4.08. The van der Waals surface area contributed by atoms with Crippen molar-refractivity contribution >= 4 is 45.7 Å². The number of halogens is 1. The van der Waals surface area contributed by atoms with E-state index in [1.807, 2.05) is 56.3 Å². The van der Waals surface area contributed by atoms with Gasteiger partial charge in [0, 0.05) is 16.3 Å². The van der Waals surface area contributed by atoms with Crippen LogP contribution >= 0.6 is 23.4 Å². The third-order valence-corrected chi connectivity index (χ3v) is 4.47. The lowest BCUT2D eigenvalue weighted by Gasteiger charge is -2.10. The number of nitrogens with one attached hydrogen (secondary N) is 1. The fourth-order valence-electron chi connectivity index (χ4n) is 2.29. The Kier molecular flexibility index (Phi) is 5.02. The first-order valence-corrected chi connectivity index (χ1v) is 8.78. The van der Waals surface area contributed by atoms with E-state index in [9.17, 15) is 4.79 Å². The lowest BCUT2D eigenvalue weighted by Crippen LogP contribution is -2.15. The number of hydrogen-bond donors (Lipinski definition) is 1. The molecule has 122 valence electrons. The van der Waals surface area contributed by atoms with Gasteiger partial charge in [0.1, 0.15) is 0 Å². The molecule has 0 fully saturated rings. The Morgan fingerprint density at radius 2 is 1.92 bits per heavy atom. The third-order valence-electron chi connectivity index (χ3n) is 3.32. The molecule has 0 unspecified atom stereocenters. The largest absolute Gasteiger partial charge is 0.320 e. The zero-order valence-corrected chi connectivity index (χ0v) is 14.9. The molecule has 6 heteroatoms. The summed E-state index contributed by atoms with van der Waals surface area (Å²) in [5, 5.41) is 6.02. The molecule has 0 aliphatic carbocycles. The van der Waals surface area contributed by atoms with Crippen LogP contribution in [0.5, 0.6) is 0 Å². The Hall–Kier alpha value is -2.11. The van der Waals surface area contributed by atoms with E-state index < -0.39 is 0 Å². The van der Waals surface area contributed by atoms with E-state index >= 15 is 0 Å². The van der Waals surface area contributed by atoms with Gasteiger partial charge in [-0.15, -0.1) is 0 Å². The molecular weight excluding hydrogens is 342 g/mol. The fraction of sp³-hybridized carbons (Fsp3) is 0.167. The second-order valence-electron chi connectivity index (χ2n) is 5.50. The van der Waals surface area contributed by atoms with Crippen LogP contribution in [0.1, 0.15) is 24.3 Å². The number of aromatic nitrogens is 2. The van der Waals surface area contributed by atoms with Crippen LogP contribution in [-0.4, -0.2) is 21.1 Å². The highest BCUT2D eigenvalue weighted by molar-refractivity contribution is 7.99. The molecule has 0 radical (unpaired) electrons. The van der Waals surface area contributed by atoms with Crippen LogP contribution in [0.15, 0.2) is 53.8 Å². The minimum Gasteiger partial charge on any atom is -0.320 e. The van der Waals surface area contributed by atoms with Crippen molar-refractivity contribution in [2.75, 3.05) is 5.32 Å². The number of fused-ring (bicyclic) bond motifs is 1. The van der Waals surface area contributed by atoms with E-state index in [1.54, 1.807) is 0 Å². The number of anilines is 1. The van der Waals surface area contributed by atoms with Gasteiger partial charge in [-0.25, -0.2) is 9.97 Å². The second kappa shape index (κ2) is 7.20. The predicted molar refractivity (Wildman–Crippen MR) is 99.9 cm³/mol. The van der Waals surface area contributed by atoms with Crippen molar-refractivity contribution in [3.05, 3.63) is 59.4 Å². The highest BCUT2D eigenvalue weighted by Gasteiger charge is 2.16. The minimum absolute atomic E-state index is 0.183. The van der Waals surface area contributed by atoms with Gasteiger partial charge in [0.05, 0.1) is 11.2 Å². The van der Waals surface area contributed by atoms with Crippen LogP contribution in [0, 0.1) is 0 Å². The molecule has 0 saturated carbocycles. The highest BCUT2D eigenvalue weighted by atomic mass is 35.5. The summed E-state index contributed by atoms with van der Waals surface area (Å²) < 4.78 is 0. The van der Waals surface area contributed by atoms with E-state index in [0.29, 0.717) is 10.4 Å². The van der Waals surface area contributed by atoms with Crippen molar-refractivity contribution in [2.45, 2.75) is 24.3 Å². The first kappa shape index (κ1) is 16.7. The van der Waals surface area contributed by atoms with E-state index in [1.165, 1.54) is 18.0 Å². The van der Waals surface area contributed by atoms with Crippen molar-refractivity contribution in [1.29, 1.82) is 0 Å². The second-order valence-corrected chi connectivity index (χ2v) is 7.45. The molecule has 3 aromatic rings. The standard InChI is InChI=1S/C18H16ClN3OS/c1-11(2)24-18-20-10-14(19)16(22-18)17(23)21-15-9-5-7-12-6-3-4-8-13(12)15/h3-11H,1-2H3,(H,21,23). The molecule has 0 aliphatic heterocycles. The van der Waals surface area contributed by atoms with Gasteiger partial charge in [-0.2, -0.15) is 0 Å². The topological polar surface area (TPSA) is 54.9 Å². The molecule has 0 saturated heterocycles. The average Bonchev–Trinajstić information content (AvgIpc) is 2.56. The molecule has 1 amide bonds. The number of hydrogen-bond acceptors (Lipinski definition) is 4. The van der Waals surface area contributed by atoms with Crippen molar-refractivity contribution in [3.8, 4) is 0 Å². The van der Waals surface area contributed by atoms with Gasteiger partial charge in [0.2, 0.25) is 0 Å². The fourth-order valence-corrected chi connectivity index (χ4v) is 3.15. The summed E-state index contributed by atoms with van der Waals surface area (Å²) in [5.41, 5.74) is 0.911. The van der Waals surface area contributed by atoms with Gasteiger partial charge in [-0.3, -0.25) is 4.79 Å². The van der Waals surface area contributed by atoms with E-state index in [0.717, 1.165) is 16.5 Å². The van der Waals surface area contributed by atoms with Crippen molar-refractivity contribution in [3.63, 3.8) is 0 Å². The zero-order valence-electron chi connectivity index (χ0n) is 13.3. The van der Waals surface area contributed by atoms with Crippen LogP contribution < -0.4 is 5.32 Å². The zero-order chi connectivity index (χ0) is 17.1. The summed E-state index contributed by atoms with van der Waals surface area (Å²) in [5.74, 6) is -0.343. The molecule has 1 N–H and O–H groups in total. The number of nitrogens with zero attached hydrogens (tertiary/aromatic N) is 2. The van der Waals surface area contributed by atoms with Gasteiger partial charge in [0.15, 0.2) is 10.9 Å². The van der Waals surface area contributed by atoms with Gasteiger partial charge < -0.3 is 5.32 Å². The molecule has 3 rings (SSSR count). The number of amides is 1. The molecule has 1 aromatic heterocycles. The van der Waals surface area contributed by atoms with Crippen molar-refractivity contribution in [2.24, 2.45) is 0 Å². The summed E-state index contributed by atoms with van der Waals surface area (Å²) >= 11 is 7.60. The van der Waals surface area contributed by atoms with Gasteiger partial charge in [-0.1, -0.05) is 73.6 Å². The Morgan fingerprint density at radius 1 is 1.17 bits per heavy atom. The molecule has 0 atom stereocenters. The maximum atomic E-state index is 12.6. The molecule has 2 aromatic carbocycles. The number of carbonyl (C=O) groups excluding carboxylic acids is 1. The van der Waals surface area contributed by atoms with Crippen molar-refractivity contribution < 1.29 is 4.79 Å². The van der Waals surface area contributed by atoms with Crippen LogP contribution in [0.2, 0.25) is 5.02 Å². The predicted octanol–water partition coefficient (Wildman–Crippen LogP) is 5.04. The summed E-state index contributed by atoms with van der Waals surface area (Å²) in [6, 6.07) is 13.6. The molecule has 0 spiro atoms. The third kappa shape index (κ3) is 3.68. The van der Waals surface area contributed by atoms with E-state index in [4.69, 9.17) is 11.6 Å². The average molecular weight is 358 g/mol.